The van der Waals surface area contributed by atoms with Crippen molar-refractivity contribution in [1.82, 2.24) is 7.94 Å². The summed E-state index contributed by atoms with van der Waals surface area (Å²) in [7, 11) is -7.30. The van der Waals surface area contributed by atoms with Gasteiger partial charge >= 0.3 is 0 Å². The van der Waals surface area contributed by atoms with Crippen molar-refractivity contribution in [3.63, 3.8) is 0 Å². The molecular weight excluding hydrogens is 567 g/mol. The molecule has 0 radical (unpaired) electrons. The van der Waals surface area contributed by atoms with Crippen LogP contribution in [0, 0.1) is 5.82 Å². The summed E-state index contributed by atoms with van der Waals surface area (Å²) < 4.78 is 77.5. The number of carbonyl (C=O) groups excluding carboxylic acids is 1. The minimum Gasteiger partial charge on any atom is -0.497 e. The summed E-state index contributed by atoms with van der Waals surface area (Å²) in [5, 5.41) is 0.262. The lowest BCUT2D eigenvalue weighted by Gasteiger charge is -2.14. The number of ether oxygens (including phenoxy) is 1. The molecular formula is C30H21FN2O6S2. The fourth-order valence-corrected chi connectivity index (χ4v) is 7.88. The maximum Gasteiger partial charge on any atom is 0.268 e. The van der Waals surface area contributed by atoms with Crippen LogP contribution in [-0.2, 0) is 20.0 Å². The molecule has 0 saturated carbocycles. The molecule has 0 fully saturated rings. The first-order valence-electron chi connectivity index (χ1n) is 12.3. The Labute approximate surface area is 234 Å². The maximum atomic E-state index is 14.9. The lowest BCUT2D eigenvalue weighted by Crippen LogP contribution is -2.23. The Hall–Kier alpha value is -4.74. The molecule has 0 aliphatic heterocycles. The molecule has 0 bridgehead atoms. The lowest BCUT2D eigenvalue weighted by atomic mass is 10.2. The van der Waals surface area contributed by atoms with E-state index in [1.54, 1.807) is 36.4 Å². The zero-order valence-corrected chi connectivity index (χ0v) is 23.1. The molecule has 206 valence electrons. The first-order valence-corrected chi connectivity index (χ1v) is 15.2. The molecule has 4 aromatic carbocycles. The van der Waals surface area contributed by atoms with Crippen molar-refractivity contribution in [3.8, 4) is 5.75 Å². The molecule has 0 spiro atoms. The van der Waals surface area contributed by atoms with Crippen LogP contribution in [0.5, 0.6) is 5.75 Å². The smallest absolute Gasteiger partial charge is 0.268 e. The van der Waals surface area contributed by atoms with Crippen molar-refractivity contribution in [2.45, 2.75) is 9.79 Å². The van der Waals surface area contributed by atoms with E-state index in [0.29, 0.717) is 11.1 Å². The molecule has 2 heterocycles. The van der Waals surface area contributed by atoms with Crippen LogP contribution in [0.2, 0.25) is 0 Å². The van der Waals surface area contributed by atoms with Gasteiger partial charge < -0.3 is 4.74 Å². The molecule has 0 unspecified atom stereocenters. The third-order valence-corrected chi connectivity index (χ3v) is 10.2. The lowest BCUT2D eigenvalue weighted by molar-refractivity contribution is 0.102. The standard InChI is InChI=1S/C30H21FN2O6S2/c1-39-21-15-16-26-20(17-21)18-28(32(26)40(35,36)22-9-4-2-5-10-22)30(34)29-19-24-25(31)13-8-14-27(24)33(29)41(37,38)23-11-6-3-7-12-23/h2-19H,1H3. The van der Waals surface area contributed by atoms with Crippen molar-refractivity contribution >= 4 is 47.6 Å². The second-order valence-electron chi connectivity index (χ2n) is 9.15. The monoisotopic (exact) mass is 588 g/mol. The van der Waals surface area contributed by atoms with Crippen molar-refractivity contribution < 1.29 is 30.8 Å². The molecule has 0 saturated heterocycles. The molecule has 0 amide bonds. The van der Waals surface area contributed by atoms with Gasteiger partial charge in [0.05, 0.1) is 27.9 Å². The Balaban J connectivity index is 1.68. The molecule has 11 heteroatoms. The number of nitrogens with zero attached hydrogens (tertiary/aromatic N) is 2. The van der Waals surface area contributed by atoms with E-state index in [1.165, 1.54) is 67.8 Å². The summed E-state index contributed by atoms with van der Waals surface area (Å²) in [4.78, 5) is 14.1. The van der Waals surface area contributed by atoms with Crippen molar-refractivity contribution in [1.29, 1.82) is 0 Å². The molecule has 8 nitrogen and oxygen atoms in total. The molecule has 0 N–H and O–H groups in total. The number of rotatable bonds is 7. The number of carbonyl (C=O) groups is 1. The fourth-order valence-electron chi connectivity index (χ4n) is 4.83. The Bertz CT molecular complexity index is 2190. The third kappa shape index (κ3) is 4.21. The SMILES string of the molecule is COc1ccc2c(c1)cc(C(=O)c1cc3c(F)cccc3n1S(=O)(=O)c1ccccc1)n2S(=O)(=O)c1ccccc1. The first-order chi connectivity index (χ1) is 19.6. The van der Waals surface area contributed by atoms with Crippen LogP contribution < -0.4 is 4.74 Å². The number of fused-ring (bicyclic) bond motifs is 2. The van der Waals surface area contributed by atoms with Gasteiger partial charge in [-0.3, -0.25) is 4.79 Å². The molecule has 0 aliphatic carbocycles. The van der Waals surface area contributed by atoms with Crippen molar-refractivity contribution in [2.24, 2.45) is 0 Å². The van der Waals surface area contributed by atoms with E-state index < -0.39 is 37.3 Å². The van der Waals surface area contributed by atoms with Gasteiger partial charge in [0.15, 0.2) is 0 Å². The second-order valence-corrected chi connectivity index (χ2v) is 12.7. The Morgan fingerprint density at radius 1 is 0.659 bits per heavy atom. The van der Waals surface area contributed by atoms with Gasteiger partial charge in [0, 0.05) is 10.8 Å². The summed E-state index contributed by atoms with van der Waals surface area (Å²) in [6.45, 7) is 0. The molecule has 41 heavy (non-hydrogen) atoms. The van der Waals surface area contributed by atoms with Gasteiger partial charge in [0.2, 0.25) is 5.78 Å². The van der Waals surface area contributed by atoms with E-state index in [9.17, 15) is 26.0 Å². The Kier molecular flexibility index (Phi) is 6.28. The Morgan fingerprint density at radius 3 is 1.80 bits per heavy atom. The summed E-state index contributed by atoms with van der Waals surface area (Å²) in [6, 6.07) is 25.9. The average molecular weight is 589 g/mol. The van der Waals surface area contributed by atoms with Crippen LogP contribution in [0.1, 0.15) is 16.2 Å². The maximum absolute atomic E-state index is 14.9. The summed E-state index contributed by atoms with van der Waals surface area (Å²) in [6.07, 6.45) is 0. The molecule has 6 aromatic rings. The fraction of sp³-hybridized carbons (Fsp3) is 0.0333. The molecule has 0 atom stereocenters. The van der Waals surface area contributed by atoms with Gasteiger partial charge in [-0.2, -0.15) is 0 Å². The van der Waals surface area contributed by atoms with E-state index in [0.717, 1.165) is 20.1 Å². The number of hydrogen-bond donors (Lipinski definition) is 0. The highest BCUT2D eigenvalue weighted by Gasteiger charge is 2.32. The zero-order valence-electron chi connectivity index (χ0n) is 21.4. The number of methoxy groups -OCH3 is 1. The number of benzene rings is 4. The minimum atomic E-state index is -4.41. The van der Waals surface area contributed by atoms with Crippen LogP contribution in [0.4, 0.5) is 4.39 Å². The van der Waals surface area contributed by atoms with E-state index in [4.69, 9.17) is 4.74 Å². The Morgan fingerprint density at radius 2 is 1.22 bits per heavy atom. The summed E-state index contributed by atoms with van der Waals surface area (Å²) in [5.41, 5.74) is -0.636. The highest BCUT2D eigenvalue weighted by Crippen LogP contribution is 2.33. The van der Waals surface area contributed by atoms with Crippen LogP contribution >= 0.6 is 0 Å². The third-order valence-electron chi connectivity index (χ3n) is 6.74. The number of aromatic nitrogens is 2. The molecule has 6 rings (SSSR count). The summed E-state index contributed by atoms with van der Waals surface area (Å²) in [5.74, 6) is -1.25. The van der Waals surface area contributed by atoms with Gasteiger partial charge in [0.1, 0.15) is 23.0 Å². The highest BCUT2D eigenvalue weighted by atomic mass is 32.2. The predicted molar refractivity (Wildman–Crippen MR) is 152 cm³/mol. The number of halogens is 1. The van der Waals surface area contributed by atoms with Gasteiger partial charge in [-0.1, -0.05) is 42.5 Å². The molecule has 2 aromatic heterocycles. The van der Waals surface area contributed by atoms with Crippen molar-refractivity contribution in [2.75, 3.05) is 7.11 Å². The normalized spacial score (nSPS) is 12.1. The van der Waals surface area contributed by atoms with Crippen molar-refractivity contribution in [3.05, 3.63) is 126 Å². The van der Waals surface area contributed by atoms with E-state index in [-0.39, 0.29) is 31.9 Å². The quantitative estimate of drug-likeness (QED) is 0.230. The molecule has 0 aliphatic rings. The highest BCUT2D eigenvalue weighted by molar-refractivity contribution is 7.90. The minimum absolute atomic E-state index is 0.0625. The van der Waals surface area contributed by atoms with Crippen LogP contribution in [0.25, 0.3) is 21.8 Å². The predicted octanol–water partition coefficient (Wildman–Crippen LogP) is 5.45. The van der Waals surface area contributed by atoms with E-state index in [1.807, 2.05) is 0 Å². The summed E-state index contributed by atoms with van der Waals surface area (Å²) >= 11 is 0. The van der Waals surface area contributed by atoms with Gasteiger partial charge in [-0.05, 0) is 66.7 Å². The second kappa shape index (κ2) is 9.72. The van der Waals surface area contributed by atoms with E-state index in [2.05, 4.69) is 0 Å². The zero-order chi connectivity index (χ0) is 28.9. The first kappa shape index (κ1) is 26.5. The van der Waals surface area contributed by atoms with E-state index >= 15 is 0 Å². The largest absolute Gasteiger partial charge is 0.497 e. The number of ketones is 1. The van der Waals surface area contributed by atoms with Crippen LogP contribution in [-0.4, -0.2) is 37.7 Å². The number of hydrogen-bond acceptors (Lipinski definition) is 6. The van der Waals surface area contributed by atoms with Gasteiger partial charge in [-0.15, -0.1) is 0 Å². The average Bonchev–Trinajstić information content (AvgIpc) is 3.58. The van der Waals surface area contributed by atoms with Gasteiger partial charge in [-0.25, -0.2) is 29.2 Å². The van der Waals surface area contributed by atoms with Crippen LogP contribution in [0.3, 0.4) is 0 Å². The topological polar surface area (TPSA) is 104 Å². The van der Waals surface area contributed by atoms with Gasteiger partial charge in [0.25, 0.3) is 20.0 Å². The van der Waals surface area contributed by atoms with Crippen LogP contribution in [0.15, 0.2) is 119 Å².